The molecule has 13 heteroatoms. The molecule has 0 N–H and O–H groups in total. The maximum atomic E-state index is 12.7. The standard InChI is InChI=1S/C8HClF6N2O4/c9-5(18)2-1-16-6(17(19)20)3(7(10,11)12)4(2)21-8(13,14)15/h1H. The number of nitrogens with zero attached hydrogens (tertiary/aromatic N) is 2. The van der Waals surface area contributed by atoms with Gasteiger partial charge in [-0.25, -0.2) is 0 Å². The number of hydrogen-bond donors (Lipinski definition) is 0. The minimum absolute atomic E-state index is 0.0871. The van der Waals surface area contributed by atoms with E-state index in [2.05, 4.69) is 9.72 Å². The van der Waals surface area contributed by atoms with Crippen LogP contribution in [0.25, 0.3) is 0 Å². The van der Waals surface area contributed by atoms with Crippen molar-refractivity contribution in [2.75, 3.05) is 0 Å². The summed E-state index contributed by atoms with van der Waals surface area (Å²) in [6.07, 6.45) is -11.2. The Morgan fingerprint density at radius 2 is 1.81 bits per heavy atom. The van der Waals surface area contributed by atoms with E-state index in [0.717, 1.165) is 0 Å². The second kappa shape index (κ2) is 5.35. The number of hydrogen-bond acceptors (Lipinski definition) is 5. The maximum Gasteiger partial charge on any atom is 0.573 e. The number of nitro groups is 1. The average molecular weight is 339 g/mol. The van der Waals surface area contributed by atoms with Crippen LogP contribution in [0, 0.1) is 10.1 Å². The van der Waals surface area contributed by atoms with E-state index in [4.69, 9.17) is 11.6 Å². The van der Waals surface area contributed by atoms with Gasteiger partial charge in [-0.1, -0.05) is 0 Å². The zero-order valence-electron chi connectivity index (χ0n) is 9.25. The maximum absolute atomic E-state index is 12.7. The first kappa shape index (κ1) is 16.9. The molecule has 0 aliphatic heterocycles. The van der Waals surface area contributed by atoms with Gasteiger partial charge >= 0.3 is 18.4 Å². The van der Waals surface area contributed by atoms with Crippen LogP contribution in [0.1, 0.15) is 15.9 Å². The van der Waals surface area contributed by atoms with E-state index < -0.39 is 45.4 Å². The van der Waals surface area contributed by atoms with E-state index in [9.17, 15) is 41.3 Å². The molecule has 0 aromatic carbocycles. The third kappa shape index (κ3) is 3.93. The number of carbonyl (C=O) groups is 1. The summed E-state index contributed by atoms with van der Waals surface area (Å²) in [5.41, 5.74) is -3.87. The van der Waals surface area contributed by atoms with Crippen LogP contribution in [0.5, 0.6) is 5.75 Å². The molecule has 1 aromatic heterocycles. The molecule has 0 aliphatic carbocycles. The molecule has 0 saturated carbocycles. The van der Waals surface area contributed by atoms with Crippen LogP contribution in [0.4, 0.5) is 32.2 Å². The quantitative estimate of drug-likeness (QED) is 0.365. The number of aromatic nitrogens is 1. The third-order valence-corrected chi connectivity index (χ3v) is 2.10. The van der Waals surface area contributed by atoms with Crippen molar-refractivity contribution in [3.8, 4) is 5.75 Å². The Morgan fingerprint density at radius 1 is 1.29 bits per heavy atom. The molecular formula is C8HClF6N2O4. The van der Waals surface area contributed by atoms with Gasteiger partial charge in [-0.2, -0.15) is 13.2 Å². The molecule has 0 spiro atoms. The van der Waals surface area contributed by atoms with Crippen molar-refractivity contribution >= 4 is 22.7 Å². The van der Waals surface area contributed by atoms with Crippen molar-refractivity contribution in [3.05, 3.63) is 27.4 Å². The van der Waals surface area contributed by atoms with Crippen LogP contribution in [0.3, 0.4) is 0 Å². The number of ether oxygens (including phenoxy) is 1. The molecule has 1 aromatic rings. The van der Waals surface area contributed by atoms with Gasteiger partial charge in [0.15, 0.2) is 17.5 Å². The monoisotopic (exact) mass is 338 g/mol. The minimum atomic E-state index is -5.64. The molecule has 0 atom stereocenters. The van der Waals surface area contributed by atoms with Gasteiger partial charge in [0.25, 0.3) is 5.24 Å². The zero-order valence-corrected chi connectivity index (χ0v) is 10.0. The molecule has 0 radical (unpaired) electrons. The van der Waals surface area contributed by atoms with Gasteiger partial charge in [-0.3, -0.25) is 4.79 Å². The second-order valence-corrected chi connectivity index (χ2v) is 3.62. The first-order valence-electron chi connectivity index (χ1n) is 4.54. The lowest BCUT2D eigenvalue weighted by molar-refractivity contribution is -0.393. The summed E-state index contributed by atoms with van der Waals surface area (Å²) in [6.45, 7) is 0. The first-order valence-corrected chi connectivity index (χ1v) is 4.92. The number of pyridine rings is 1. The Kier molecular flexibility index (Phi) is 4.32. The van der Waals surface area contributed by atoms with Crippen molar-refractivity contribution in [1.82, 2.24) is 4.98 Å². The molecule has 1 heterocycles. The fourth-order valence-electron chi connectivity index (χ4n) is 1.24. The third-order valence-electron chi connectivity index (χ3n) is 1.90. The van der Waals surface area contributed by atoms with E-state index in [1.807, 2.05) is 0 Å². The molecule has 116 valence electrons. The Balaban J connectivity index is 3.77. The molecule has 0 fully saturated rings. The lowest BCUT2D eigenvalue weighted by Gasteiger charge is -2.16. The number of halogens is 7. The highest BCUT2D eigenvalue weighted by Crippen LogP contribution is 2.44. The molecule has 21 heavy (non-hydrogen) atoms. The van der Waals surface area contributed by atoms with Crippen LogP contribution < -0.4 is 4.74 Å². The normalized spacial score (nSPS) is 12.1. The van der Waals surface area contributed by atoms with Crippen LogP contribution in [0.2, 0.25) is 0 Å². The zero-order chi connectivity index (χ0) is 16.6. The van der Waals surface area contributed by atoms with Gasteiger partial charge in [0.1, 0.15) is 5.56 Å². The topological polar surface area (TPSA) is 82.3 Å². The van der Waals surface area contributed by atoms with Gasteiger partial charge in [0.05, 0.1) is 0 Å². The summed E-state index contributed by atoms with van der Waals surface area (Å²) in [7, 11) is 0. The lowest BCUT2D eigenvalue weighted by Crippen LogP contribution is -2.23. The van der Waals surface area contributed by atoms with Crippen molar-refractivity contribution in [2.24, 2.45) is 0 Å². The summed E-state index contributed by atoms with van der Waals surface area (Å²) in [6, 6.07) is 0. The van der Waals surface area contributed by atoms with E-state index in [1.54, 1.807) is 0 Å². The lowest BCUT2D eigenvalue weighted by atomic mass is 10.1. The Bertz CT molecular complexity index is 600. The van der Waals surface area contributed by atoms with E-state index in [0.29, 0.717) is 0 Å². The van der Waals surface area contributed by atoms with Gasteiger partial charge in [-0.05, 0) is 21.5 Å². The van der Waals surface area contributed by atoms with Crippen LogP contribution >= 0.6 is 11.6 Å². The number of rotatable bonds is 3. The molecule has 0 bridgehead atoms. The largest absolute Gasteiger partial charge is 0.573 e. The number of carbonyl (C=O) groups excluding carboxylic acids is 1. The minimum Gasteiger partial charge on any atom is -0.404 e. The molecule has 0 unspecified atom stereocenters. The second-order valence-electron chi connectivity index (χ2n) is 3.28. The van der Waals surface area contributed by atoms with Crippen molar-refractivity contribution in [2.45, 2.75) is 12.5 Å². The average Bonchev–Trinajstić information content (AvgIpc) is 2.23. The summed E-state index contributed by atoms with van der Waals surface area (Å²) in [5.74, 6) is -4.08. The van der Waals surface area contributed by atoms with Crippen molar-refractivity contribution in [1.29, 1.82) is 0 Å². The van der Waals surface area contributed by atoms with Gasteiger partial charge in [0.2, 0.25) is 0 Å². The highest BCUT2D eigenvalue weighted by atomic mass is 35.5. The predicted molar refractivity (Wildman–Crippen MR) is 52.8 cm³/mol. The van der Waals surface area contributed by atoms with Crippen molar-refractivity contribution < 1.29 is 40.8 Å². The first-order chi connectivity index (χ1) is 9.34. The molecule has 0 aliphatic rings. The van der Waals surface area contributed by atoms with Crippen LogP contribution in [-0.2, 0) is 6.18 Å². The fraction of sp³-hybridized carbons (Fsp3) is 0.250. The molecule has 6 nitrogen and oxygen atoms in total. The predicted octanol–water partition coefficient (Wildman–Crippen LogP) is 3.29. The van der Waals surface area contributed by atoms with Crippen molar-refractivity contribution in [3.63, 3.8) is 0 Å². The molecule has 1 rings (SSSR count). The van der Waals surface area contributed by atoms with Gasteiger partial charge in [0, 0.05) is 0 Å². The highest BCUT2D eigenvalue weighted by Gasteiger charge is 2.48. The summed E-state index contributed by atoms with van der Waals surface area (Å²) >= 11 is 4.83. The summed E-state index contributed by atoms with van der Waals surface area (Å²) in [5, 5.41) is 8.69. The highest BCUT2D eigenvalue weighted by molar-refractivity contribution is 6.68. The van der Waals surface area contributed by atoms with Crippen LogP contribution in [-0.4, -0.2) is 21.5 Å². The smallest absolute Gasteiger partial charge is 0.404 e. The van der Waals surface area contributed by atoms with Crippen LogP contribution in [0.15, 0.2) is 6.20 Å². The fourth-order valence-corrected chi connectivity index (χ4v) is 1.38. The Hall–Kier alpha value is -2.11. The van der Waals surface area contributed by atoms with Gasteiger partial charge < -0.3 is 14.9 Å². The Labute approximate surface area is 115 Å². The molecule has 0 amide bonds. The van der Waals surface area contributed by atoms with E-state index in [1.165, 1.54) is 0 Å². The molecule has 0 saturated heterocycles. The SMILES string of the molecule is O=C(Cl)c1cnc([N+](=O)[O-])c(C(F)(F)F)c1OC(F)(F)F. The number of alkyl halides is 6. The Morgan fingerprint density at radius 3 is 2.14 bits per heavy atom. The molecular weight excluding hydrogens is 338 g/mol. The van der Waals surface area contributed by atoms with E-state index in [-0.39, 0.29) is 6.20 Å². The van der Waals surface area contributed by atoms with Gasteiger partial charge in [-0.15, -0.1) is 13.2 Å². The summed E-state index contributed by atoms with van der Waals surface area (Å²) in [4.78, 5) is 22.3. The van der Waals surface area contributed by atoms with E-state index >= 15 is 0 Å². The summed E-state index contributed by atoms with van der Waals surface area (Å²) < 4.78 is 77.8.